The first-order valence-corrected chi connectivity index (χ1v) is 9.94. The number of nitrogens with one attached hydrogen (secondary N) is 2. The first-order valence-electron chi connectivity index (χ1n) is 9.18. The molecule has 3 aromatic carbocycles. The van der Waals surface area contributed by atoms with Crippen molar-refractivity contribution in [3.8, 4) is 5.75 Å². The van der Waals surface area contributed by atoms with Crippen LogP contribution in [0.2, 0.25) is 10.0 Å². The van der Waals surface area contributed by atoms with Crippen molar-refractivity contribution in [2.45, 2.75) is 20.4 Å². The maximum absolute atomic E-state index is 12.1. The van der Waals surface area contributed by atoms with Crippen LogP contribution in [0.1, 0.15) is 16.7 Å². The van der Waals surface area contributed by atoms with E-state index in [2.05, 4.69) is 10.6 Å². The van der Waals surface area contributed by atoms with E-state index in [1.165, 1.54) is 0 Å². The summed E-state index contributed by atoms with van der Waals surface area (Å²) in [6.45, 7) is 4.47. The number of carbonyl (C=O) groups excluding carboxylic acids is 1. The normalized spacial score (nSPS) is 10.5. The number of benzene rings is 3. The minimum absolute atomic E-state index is 0.0875. The van der Waals surface area contributed by atoms with E-state index in [0.29, 0.717) is 28.0 Å². The van der Waals surface area contributed by atoms with Crippen molar-refractivity contribution in [3.05, 3.63) is 87.4 Å². The second-order valence-electron chi connectivity index (χ2n) is 6.76. The average molecular weight is 429 g/mol. The van der Waals surface area contributed by atoms with Crippen molar-refractivity contribution in [2.24, 2.45) is 0 Å². The smallest absolute Gasteiger partial charge is 0.262 e. The summed E-state index contributed by atoms with van der Waals surface area (Å²) < 4.78 is 5.64. The van der Waals surface area contributed by atoms with Crippen LogP contribution in [0, 0.1) is 13.8 Å². The quantitative estimate of drug-likeness (QED) is 0.468. The molecule has 29 heavy (non-hydrogen) atoms. The van der Waals surface area contributed by atoms with Gasteiger partial charge >= 0.3 is 0 Å². The molecule has 0 unspecified atom stereocenters. The lowest BCUT2D eigenvalue weighted by atomic mass is 10.1. The average Bonchev–Trinajstić information content (AvgIpc) is 2.70. The van der Waals surface area contributed by atoms with Crippen LogP contribution in [0.15, 0.2) is 60.7 Å². The Hall–Kier alpha value is -2.69. The maximum atomic E-state index is 12.1. The molecule has 0 spiro atoms. The standard InChI is InChI=1S/C23H22Cl2N2O2/c1-15-7-9-19(12-21(15)25)27-23(28)14-29-20-5-3-4-17(10-20)13-26-22-11-18(24)8-6-16(22)2/h3-12,26H,13-14H2,1-2H3,(H,27,28). The Balaban J connectivity index is 1.54. The van der Waals surface area contributed by atoms with Crippen molar-refractivity contribution in [2.75, 3.05) is 17.2 Å². The van der Waals surface area contributed by atoms with Crippen molar-refractivity contribution in [1.82, 2.24) is 0 Å². The number of halogens is 2. The summed E-state index contributed by atoms with van der Waals surface area (Å²) in [5.74, 6) is 0.382. The van der Waals surface area contributed by atoms with E-state index in [9.17, 15) is 4.79 Å². The van der Waals surface area contributed by atoms with E-state index in [1.54, 1.807) is 6.07 Å². The van der Waals surface area contributed by atoms with Gasteiger partial charge in [0.25, 0.3) is 5.91 Å². The van der Waals surface area contributed by atoms with E-state index in [1.807, 2.05) is 68.4 Å². The summed E-state index contributed by atoms with van der Waals surface area (Å²) in [4.78, 5) is 12.1. The van der Waals surface area contributed by atoms with Gasteiger partial charge in [-0.2, -0.15) is 0 Å². The largest absolute Gasteiger partial charge is 0.484 e. The fraction of sp³-hybridized carbons (Fsp3) is 0.174. The number of rotatable bonds is 7. The highest BCUT2D eigenvalue weighted by atomic mass is 35.5. The molecular formula is C23H22Cl2N2O2. The fourth-order valence-electron chi connectivity index (χ4n) is 2.74. The van der Waals surface area contributed by atoms with Gasteiger partial charge in [0.15, 0.2) is 6.61 Å². The molecule has 0 radical (unpaired) electrons. The summed E-state index contributed by atoms with van der Waals surface area (Å²) in [7, 11) is 0. The Labute approximate surface area is 180 Å². The number of hydrogen-bond donors (Lipinski definition) is 2. The first kappa shape index (κ1) is 21.0. The van der Waals surface area contributed by atoms with Crippen molar-refractivity contribution >= 4 is 40.5 Å². The van der Waals surface area contributed by atoms with Gasteiger partial charge in [0, 0.05) is 28.0 Å². The molecule has 0 saturated carbocycles. The van der Waals surface area contributed by atoms with Crippen LogP contribution in [0.4, 0.5) is 11.4 Å². The highest BCUT2D eigenvalue weighted by Crippen LogP contribution is 2.22. The van der Waals surface area contributed by atoms with Crippen LogP contribution in [0.25, 0.3) is 0 Å². The van der Waals surface area contributed by atoms with Crippen molar-refractivity contribution in [3.63, 3.8) is 0 Å². The molecule has 3 aromatic rings. The van der Waals surface area contributed by atoms with E-state index < -0.39 is 0 Å². The van der Waals surface area contributed by atoms with Crippen LogP contribution >= 0.6 is 23.2 Å². The van der Waals surface area contributed by atoms with E-state index in [4.69, 9.17) is 27.9 Å². The predicted molar refractivity (Wildman–Crippen MR) is 120 cm³/mol. The lowest BCUT2D eigenvalue weighted by Crippen LogP contribution is -2.20. The van der Waals surface area contributed by atoms with Gasteiger partial charge in [0.1, 0.15) is 5.75 Å². The number of hydrogen-bond acceptors (Lipinski definition) is 3. The summed E-state index contributed by atoms with van der Waals surface area (Å²) >= 11 is 12.1. The molecule has 0 saturated heterocycles. The summed E-state index contributed by atoms with van der Waals surface area (Å²) in [6.07, 6.45) is 0. The Bertz CT molecular complexity index is 1020. The number of amides is 1. The van der Waals surface area contributed by atoms with E-state index in [0.717, 1.165) is 22.4 Å². The van der Waals surface area contributed by atoms with Crippen LogP contribution in [-0.4, -0.2) is 12.5 Å². The molecule has 0 aliphatic carbocycles. The van der Waals surface area contributed by atoms with Gasteiger partial charge in [-0.1, -0.05) is 47.5 Å². The maximum Gasteiger partial charge on any atom is 0.262 e. The van der Waals surface area contributed by atoms with Gasteiger partial charge in [0.2, 0.25) is 0 Å². The Morgan fingerprint density at radius 1 is 0.966 bits per heavy atom. The zero-order valence-corrected chi connectivity index (χ0v) is 17.8. The zero-order valence-electron chi connectivity index (χ0n) is 16.3. The number of carbonyl (C=O) groups is 1. The Morgan fingerprint density at radius 2 is 1.76 bits per heavy atom. The number of aryl methyl sites for hydroxylation is 2. The van der Waals surface area contributed by atoms with Crippen LogP contribution < -0.4 is 15.4 Å². The van der Waals surface area contributed by atoms with Gasteiger partial charge in [0.05, 0.1) is 0 Å². The monoisotopic (exact) mass is 428 g/mol. The fourth-order valence-corrected chi connectivity index (χ4v) is 3.10. The molecular weight excluding hydrogens is 407 g/mol. The van der Waals surface area contributed by atoms with E-state index in [-0.39, 0.29) is 12.5 Å². The molecule has 0 heterocycles. The first-order chi connectivity index (χ1) is 13.9. The van der Waals surface area contributed by atoms with Crippen molar-refractivity contribution in [1.29, 1.82) is 0 Å². The third-order valence-corrected chi connectivity index (χ3v) is 5.05. The molecule has 4 nitrogen and oxygen atoms in total. The molecule has 0 aliphatic heterocycles. The summed E-state index contributed by atoms with van der Waals surface area (Å²) in [5.41, 5.74) is 4.74. The third-order valence-electron chi connectivity index (χ3n) is 4.41. The topological polar surface area (TPSA) is 50.4 Å². The highest BCUT2D eigenvalue weighted by molar-refractivity contribution is 6.31. The Kier molecular flexibility index (Phi) is 7.02. The van der Waals surface area contributed by atoms with Gasteiger partial charge in [-0.15, -0.1) is 0 Å². The minimum Gasteiger partial charge on any atom is -0.484 e. The van der Waals surface area contributed by atoms with Crippen LogP contribution in [0.5, 0.6) is 5.75 Å². The summed E-state index contributed by atoms with van der Waals surface area (Å²) in [5, 5.41) is 7.45. The molecule has 0 fully saturated rings. The van der Waals surface area contributed by atoms with Crippen molar-refractivity contribution < 1.29 is 9.53 Å². The molecule has 150 valence electrons. The second-order valence-corrected chi connectivity index (χ2v) is 7.60. The molecule has 0 aliphatic rings. The van der Waals surface area contributed by atoms with Gasteiger partial charge in [-0.3, -0.25) is 4.79 Å². The SMILES string of the molecule is Cc1ccc(NC(=O)COc2cccc(CNc3cc(Cl)ccc3C)c2)cc1Cl. The summed E-state index contributed by atoms with van der Waals surface area (Å²) in [6, 6.07) is 18.8. The lowest BCUT2D eigenvalue weighted by molar-refractivity contribution is -0.118. The number of ether oxygens (including phenoxy) is 1. The Morgan fingerprint density at radius 3 is 2.55 bits per heavy atom. The van der Waals surface area contributed by atoms with Gasteiger partial charge in [-0.05, 0) is 66.9 Å². The lowest BCUT2D eigenvalue weighted by Gasteiger charge is -2.12. The van der Waals surface area contributed by atoms with Crippen LogP contribution in [-0.2, 0) is 11.3 Å². The van der Waals surface area contributed by atoms with Crippen LogP contribution in [0.3, 0.4) is 0 Å². The highest BCUT2D eigenvalue weighted by Gasteiger charge is 2.06. The second kappa shape index (κ2) is 9.68. The zero-order chi connectivity index (χ0) is 20.8. The van der Waals surface area contributed by atoms with E-state index >= 15 is 0 Å². The molecule has 0 bridgehead atoms. The van der Waals surface area contributed by atoms with Gasteiger partial charge < -0.3 is 15.4 Å². The molecule has 3 rings (SSSR count). The molecule has 0 atom stereocenters. The molecule has 1 amide bonds. The molecule has 2 N–H and O–H groups in total. The third kappa shape index (κ3) is 6.14. The number of anilines is 2. The molecule has 0 aromatic heterocycles. The predicted octanol–water partition coefficient (Wildman–Crippen LogP) is 6.24. The minimum atomic E-state index is -0.247. The molecule has 6 heteroatoms. The van der Waals surface area contributed by atoms with Gasteiger partial charge in [-0.25, -0.2) is 0 Å².